The Morgan fingerprint density at radius 3 is 2.94 bits per heavy atom. The molecule has 0 aromatic carbocycles. The van der Waals surface area contributed by atoms with E-state index in [0.29, 0.717) is 0 Å². The number of aliphatic hydroxyl groups excluding tert-OH is 1. The van der Waals surface area contributed by atoms with E-state index < -0.39 is 12.1 Å². The molecular weight excluding hydrogens is 214 g/mol. The van der Waals surface area contributed by atoms with Gasteiger partial charge in [0.2, 0.25) is 17.6 Å². The maximum Gasteiger partial charge on any atom is 0.374 e. The lowest BCUT2D eigenvalue weighted by molar-refractivity contribution is -0.117. The second-order valence-electron chi connectivity index (χ2n) is 3.49. The van der Waals surface area contributed by atoms with Crippen LogP contribution in [0.2, 0.25) is 0 Å². The van der Waals surface area contributed by atoms with E-state index in [1.807, 2.05) is 0 Å². The van der Waals surface area contributed by atoms with Crippen LogP contribution in [0.4, 0.5) is 5.88 Å². The van der Waals surface area contributed by atoms with Crippen LogP contribution in [0.15, 0.2) is 16.5 Å². The maximum absolute atomic E-state index is 11.4. The van der Waals surface area contributed by atoms with Crippen molar-refractivity contribution < 1.29 is 23.8 Å². The van der Waals surface area contributed by atoms with Gasteiger partial charge in [-0.3, -0.25) is 9.69 Å². The van der Waals surface area contributed by atoms with Crippen LogP contribution in [0.3, 0.4) is 0 Å². The minimum atomic E-state index is -0.681. The van der Waals surface area contributed by atoms with E-state index in [2.05, 4.69) is 4.74 Å². The molecule has 1 aromatic rings. The number of esters is 1. The van der Waals surface area contributed by atoms with Crippen LogP contribution in [0.25, 0.3) is 0 Å². The molecule has 0 spiro atoms. The summed E-state index contributed by atoms with van der Waals surface area (Å²) in [5.74, 6) is -0.537. The first-order valence-corrected chi connectivity index (χ1v) is 4.78. The smallest absolute Gasteiger partial charge is 0.374 e. The van der Waals surface area contributed by atoms with Crippen molar-refractivity contribution >= 4 is 17.8 Å². The number of anilines is 1. The zero-order valence-corrected chi connectivity index (χ0v) is 8.67. The number of nitrogens with zero attached hydrogens (tertiary/aromatic N) is 1. The van der Waals surface area contributed by atoms with Crippen LogP contribution in [0, 0.1) is 0 Å². The minimum Gasteiger partial charge on any atom is -0.463 e. The van der Waals surface area contributed by atoms with Gasteiger partial charge in [0, 0.05) is 6.07 Å². The summed E-state index contributed by atoms with van der Waals surface area (Å²) >= 11 is 0. The number of hydrogen-bond acceptors (Lipinski definition) is 5. The average Bonchev–Trinajstić information content (AvgIpc) is 2.83. The molecule has 0 bridgehead atoms. The van der Waals surface area contributed by atoms with E-state index in [9.17, 15) is 14.7 Å². The van der Waals surface area contributed by atoms with Gasteiger partial charge in [0.1, 0.15) is 0 Å². The first-order chi connectivity index (χ1) is 7.61. The summed E-state index contributed by atoms with van der Waals surface area (Å²) in [6.07, 6.45) is -0.604. The average molecular weight is 225 g/mol. The topological polar surface area (TPSA) is 80.0 Å². The molecule has 0 radical (unpaired) electrons. The minimum absolute atomic E-state index is 0.0340. The SMILES string of the molecule is COC(=O)c1ccc(N2CC(O)CC2=O)o1. The summed E-state index contributed by atoms with van der Waals surface area (Å²) in [6.45, 7) is 0.187. The molecule has 1 aliphatic heterocycles. The van der Waals surface area contributed by atoms with Crippen LogP contribution in [-0.2, 0) is 9.53 Å². The molecule has 1 fully saturated rings. The molecule has 6 heteroatoms. The van der Waals surface area contributed by atoms with Crippen LogP contribution in [0.1, 0.15) is 17.0 Å². The Kier molecular flexibility index (Phi) is 2.66. The highest BCUT2D eigenvalue weighted by molar-refractivity contribution is 5.95. The Hall–Kier alpha value is -1.82. The van der Waals surface area contributed by atoms with E-state index in [-0.39, 0.29) is 30.5 Å². The zero-order chi connectivity index (χ0) is 11.7. The molecule has 1 aromatic heterocycles. The molecule has 1 N–H and O–H groups in total. The maximum atomic E-state index is 11.4. The standard InChI is InChI=1S/C10H11NO5/c1-15-10(14)7-2-3-9(16-7)11-5-6(12)4-8(11)13/h2-3,6,12H,4-5H2,1H3. The van der Waals surface area contributed by atoms with Gasteiger partial charge < -0.3 is 14.3 Å². The Bertz CT molecular complexity index is 425. The number of hydrogen-bond donors (Lipinski definition) is 1. The lowest BCUT2D eigenvalue weighted by Gasteiger charge is -2.11. The van der Waals surface area contributed by atoms with Gasteiger partial charge in [-0.15, -0.1) is 0 Å². The summed E-state index contributed by atoms with van der Waals surface area (Å²) in [4.78, 5) is 23.8. The van der Waals surface area contributed by atoms with E-state index in [1.165, 1.54) is 24.1 Å². The zero-order valence-electron chi connectivity index (χ0n) is 8.67. The van der Waals surface area contributed by atoms with Gasteiger partial charge >= 0.3 is 5.97 Å². The molecule has 16 heavy (non-hydrogen) atoms. The Labute approximate surface area is 91.4 Å². The molecule has 1 atom stereocenters. The van der Waals surface area contributed by atoms with Crippen molar-refractivity contribution in [1.82, 2.24) is 0 Å². The molecule has 0 aliphatic carbocycles. The van der Waals surface area contributed by atoms with Crippen LogP contribution >= 0.6 is 0 Å². The largest absolute Gasteiger partial charge is 0.463 e. The van der Waals surface area contributed by atoms with Crippen molar-refractivity contribution in [3.05, 3.63) is 17.9 Å². The van der Waals surface area contributed by atoms with Crippen LogP contribution in [0.5, 0.6) is 0 Å². The first-order valence-electron chi connectivity index (χ1n) is 4.78. The Balaban J connectivity index is 2.19. The second-order valence-corrected chi connectivity index (χ2v) is 3.49. The normalized spacial score (nSPS) is 20.2. The number of aliphatic hydroxyl groups is 1. The van der Waals surface area contributed by atoms with Crippen molar-refractivity contribution in [1.29, 1.82) is 0 Å². The number of carbonyl (C=O) groups excluding carboxylic acids is 2. The molecule has 6 nitrogen and oxygen atoms in total. The third-order valence-electron chi connectivity index (χ3n) is 2.35. The second kappa shape index (κ2) is 3.97. The van der Waals surface area contributed by atoms with Crippen molar-refractivity contribution in [2.24, 2.45) is 0 Å². The molecule has 1 amide bonds. The summed E-state index contributed by atoms with van der Waals surface area (Å²) < 4.78 is 9.63. The van der Waals surface area contributed by atoms with Crippen LogP contribution in [-0.4, -0.2) is 36.7 Å². The monoisotopic (exact) mass is 225 g/mol. The fourth-order valence-electron chi connectivity index (χ4n) is 1.58. The lowest BCUT2D eigenvalue weighted by atomic mass is 10.3. The third-order valence-corrected chi connectivity index (χ3v) is 2.35. The molecule has 2 rings (SSSR count). The van der Waals surface area contributed by atoms with Gasteiger partial charge in [0.15, 0.2) is 0 Å². The molecule has 2 heterocycles. The summed E-state index contributed by atoms with van der Waals surface area (Å²) in [7, 11) is 1.25. The van der Waals surface area contributed by atoms with E-state index >= 15 is 0 Å². The number of carbonyl (C=O) groups is 2. The van der Waals surface area contributed by atoms with Crippen LogP contribution < -0.4 is 4.90 Å². The lowest BCUT2D eigenvalue weighted by Crippen LogP contribution is -2.24. The van der Waals surface area contributed by atoms with E-state index in [0.717, 1.165) is 0 Å². The predicted octanol–water partition coefficient (Wildman–Crippen LogP) is 0.164. The molecule has 1 aliphatic rings. The molecule has 1 saturated heterocycles. The Morgan fingerprint density at radius 2 is 2.38 bits per heavy atom. The highest BCUT2D eigenvalue weighted by Crippen LogP contribution is 2.24. The van der Waals surface area contributed by atoms with Crippen molar-refractivity contribution in [3.63, 3.8) is 0 Å². The van der Waals surface area contributed by atoms with E-state index in [4.69, 9.17) is 4.42 Å². The first kappa shape index (κ1) is 10.7. The van der Waals surface area contributed by atoms with Gasteiger partial charge in [-0.25, -0.2) is 4.79 Å². The number of amides is 1. The molecule has 1 unspecified atom stereocenters. The highest BCUT2D eigenvalue weighted by atomic mass is 16.5. The quantitative estimate of drug-likeness (QED) is 0.725. The van der Waals surface area contributed by atoms with Gasteiger partial charge in [0.25, 0.3) is 0 Å². The summed E-state index contributed by atoms with van der Waals surface area (Å²) in [5, 5.41) is 9.30. The van der Waals surface area contributed by atoms with Gasteiger partial charge in [0.05, 0.1) is 26.2 Å². The van der Waals surface area contributed by atoms with Gasteiger partial charge in [-0.1, -0.05) is 0 Å². The summed E-state index contributed by atoms with van der Waals surface area (Å²) in [5.41, 5.74) is 0. The summed E-state index contributed by atoms with van der Waals surface area (Å²) in [6, 6.07) is 2.93. The van der Waals surface area contributed by atoms with Crippen molar-refractivity contribution in [3.8, 4) is 0 Å². The number of furan rings is 1. The highest BCUT2D eigenvalue weighted by Gasteiger charge is 2.31. The van der Waals surface area contributed by atoms with Gasteiger partial charge in [-0.05, 0) is 6.07 Å². The third kappa shape index (κ3) is 1.79. The number of methoxy groups -OCH3 is 1. The fourth-order valence-corrected chi connectivity index (χ4v) is 1.58. The number of rotatable bonds is 2. The molecule has 0 saturated carbocycles. The van der Waals surface area contributed by atoms with E-state index in [1.54, 1.807) is 0 Å². The van der Waals surface area contributed by atoms with Crippen molar-refractivity contribution in [2.45, 2.75) is 12.5 Å². The Morgan fingerprint density at radius 1 is 1.62 bits per heavy atom. The fraction of sp³-hybridized carbons (Fsp3) is 0.400. The molecule has 86 valence electrons. The number of β-amino-alcohol motifs (C(OH)–C–C–N with tert-alkyl or cyclic N) is 1. The molecular formula is C10H11NO5. The van der Waals surface area contributed by atoms with Crippen molar-refractivity contribution in [2.75, 3.05) is 18.6 Å². The van der Waals surface area contributed by atoms with Gasteiger partial charge in [-0.2, -0.15) is 0 Å². The number of ether oxygens (including phenoxy) is 1. The predicted molar refractivity (Wildman–Crippen MR) is 53.0 cm³/mol.